The lowest BCUT2D eigenvalue weighted by molar-refractivity contribution is -0.116. The quantitative estimate of drug-likeness (QED) is 0.843. The van der Waals surface area contributed by atoms with Gasteiger partial charge in [-0.25, -0.2) is 0 Å². The zero-order valence-corrected chi connectivity index (χ0v) is 15.3. The molecule has 1 aromatic carbocycles. The molecule has 0 spiro atoms. The van der Waals surface area contributed by atoms with Crippen molar-refractivity contribution in [2.75, 3.05) is 31.3 Å². The van der Waals surface area contributed by atoms with Crippen LogP contribution in [0.25, 0.3) is 0 Å². The number of nitrogens with zero attached hydrogens (tertiary/aromatic N) is 3. The number of aryl methyl sites for hydroxylation is 1. The molecular weight excluding hydrogens is 318 g/mol. The van der Waals surface area contributed by atoms with Gasteiger partial charge in [-0.3, -0.25) is 14.3 Å². The second-order valence-electron chi connectivity index (χ2n) is 6.55. The Morgan fingerprint density at radius 3 is 2.36 bits per heavy atom. The lowest BCUT2D eigenvalue weighted by atomic mass is 10.1. The molecule has 7 nitrogen and oxygen atoms in total. The third kappa shape index (κ3) is 5.15. The molecule has 1 aromatic heterocycles. The van der Waals surface area contributed by atoms with Gasteiger partial charge in [0.05, 0.1) is 12.2 Å². The molecule has 0 bridgehead atoms. The minimum absolute atomic E-state index is 0.110. The van der Waals surface area contributed by atoms with E-state index < -0.39 is 0 Å². The van der Waals surface area contributed by atoms with E-state index in [9.17, 15) is 9.59 Å². The molecule has 134 valence electrons. The molecule has 0 aliphatic carbocycles. The van der Waals surface area contributed by atoms with Crippen molar-refractivity contribution < 1.29 is 9.59 Å². The summed E-state index contributed by atoms with van der Waals surface area (Å²) in [6.07, 6.45) is 0. The van der Waals surface area contributed by atoms with Crippen LogP contribution in [0, 0.1) is 0 Å². The number of benzene rings is 1. The van der Waals surface area contributed by atoms with Gasteiger partial charge in [0.1, 0.15) is 5.69 Å². The summed E-state index contributed by atoms with van der Waals surface area (Å²) in [6, 6.07) is 8.86. The van der Waals surface area contributed by atoms with E-state index >= 15 is 0 Å². The van der Waals surface area contributed by atoms with Crippen LogP contribution >= 0.6 is 0 Å². The SMILES string of the molecule is CC(C)c1cc(C(=O)Nc2cccc(NC(=O)CN(C)C)c2)n(C)n1. The molecule has 0 aliphatic heterocycles. The Labute approximate surface area is 148 Å². The maximum absolute atomic E-state index is 12.5. The maximum atomic E-state index is 12.5. The summed E-state index contributed by atoms with van der Waals surface area (Å²) in [6.45, 7) is 4.36. The van der Waals surface area contributed by atoms with Gasteiger partial charge in [-0.15, -0.1) is 0 Å². The molecule has 0 saturated carbocycles. The Balaban J connectivity index is 2.09. The van der Waals surface area contributed by atoms with Gasteiger partial charge in [0.2, 0.25) is 5.91 Å². The van der Waals surface area contributed by atoms with Crippen LogP contribution in [0.2, 0.25) is 0 Å². The molecule has 2 rings (SSSR count). The average molecular weight is 343 g/mol. The molecule has 0 unspecified atom stereocenters. The third-order valence-electron chi connectivity index (χ3n) is 3.59. The highest BCUT2D eigenvalue weighted by molar-refractivity contribution is 6.03. The molecule has 2 N–H and O–H groups in total. The lowest BCUT2D eigenvalue weighted by Gasteiger charge is -2.11. The van der Waals surface area contributed by atoms with E-state index in [2.05, 4.69) is 15.7 Å². The predicted octanol–water partition coefficient (Wildman–Crippen LogP) is 2.30. The predicted molar refractivity (Wildman–Crippen MR) is 98.9 cm³/mol. The molecule has 25 heavy (non-hydrogen) atoms. The van der Waals surface area contributed by atoms with E-state index in [0.717, 1.165) is 5.69 Å². The van der Waals surface area contributed by atoms with E-state index in [1.54, 1.807) is 47.0 Å². The molecule has 2 amide bonds. The molecule has 0 saturated heterocycles. The Kier molecular flexibility index (Phi) is 5.93. The van der Waals surface area contributed by atoms with Gasteiger partial charge in [0.15, 0.2) is 0 Å². The Hall–Kier alpha value is -2.67. The van der Waals surface area contributed by atoms with Crippen molar-refractivity contribution in [2.24, 2.45) is 7.05 Å². The first-order valence-electron chi connectivity index (χ1n) is 8.16. The van der Waals surface area contributed by atoms with E-state index in [1.807, 2.05) is 27.9 Å². The normalized spacial score (nSPS) is 11.0. The molecule has 0 radical (unpaired) electrons. The fourth-order valence-electron chi connectivity index (χ4n) is 2.34. The summed E-state index contributed by atoms with van der Waals surface area (Å²) in [4.78, 5) is 26.1. The Morgan fingerprint density at radius 2 is 1.80 bits per heavy atom. The molecule has 0 fully saturated rings. The van der Waals surface area contributed by atoms with Crippen LogP contribution < -0.4 is 10.6 Å². The monoisotopic (exact) mass is 343 g/mol. The summed E-state index contributed by atoms with van der Waals surface area (Å²) >= 11 is 0. The highest BCUT2D eigenvalue weighted by Crippen LogP contribution is 2.18. The van der Waals surface area contributed by atoms with Gasteiger partial charge in [-0.2, -0.15) is 5.10 Å². The number of rotatable bonds is 6. The van der Waals surface area contributed by atoms with Crippen LogP contribution in [-0.2, 0) is 11.8 Å². The number of nitrogens with one attached hydrogen (secondary N) is 2. The van der Waals surface area contributed by atoms with Crippen molar-refractivity contribution in [1.82, 2.24) is 14.7 Å². The van der Waals surface area contributed by atoms with Crippen molar-refractivity contribution in [3.05, 3.63) is 41.7 Å². The number of carbonyl (C=O) groups is 2. The molecule has 1 heterocycles. The van der Waals surface area contributed by atoms with Crippen LogP contribution in [0.3, 0.4) is 0 Å². The largest absolute Gasteiger partial charge is 0.325 e. The second kappa shape index (κ2) is 7.94. The fourth-order valence-corrected chi connectivity index (χ4v) is 2.34. The first-order chi connectivity index (χ1) is 11.8. The van der Waals surface area contributed by atoms with Gasteiger partial charge in [-0.1, -0.05) is 19.9 Å². The van der Waals surface area contributed by atoms with Gasteiger partial charge >= 0.3 is 0 Å². The van der Waals surface area contributed by atoms with Crippen LogP contribution in [-0.4, -0.2) is 47.1 Å². The number of anilines is 2. The summed E-state index contributed by atoms with van der Waals surface area (Å²) in [5, 5.41) is 10.0. The Morgan fingerprint density at radius 1 is 1.16 bits per heavy atom. The average Bonchev–Trinajstić information content (AvgIpc) is 2.89. The zero-order valence-electron chi connectivity index (χ0n) is 15.3. The van der Waals surface area contributed by atoms with Crippen molar-refractivity contribution in [1.29, 1.82) is 0 Å². The summed E-state index contributed by atoms with van der Waals surface area (Å²) < 4.78 is 1.58. The first kappa shape index (κ1) is 18.7. The highest BCUT2D eigenvalue weighted by atomic mass is 16.2. The van der Waals surface area contributed by atoms with E-state index in [0.29, 0.717) is 23.6 Å². The minimum Gasteiger partial charge on any atom is -0.325 e. The van der Waals surface area contributed by atoms with E-state index in [-0.39, 0.29) is 17.7 Å². The van der Waals surface area contributed by atoms with Gasteiger partial charge in [-0.05, 0) is 44.3 Å². The minimum atomic E-state index is -0.237. The number of carbonyl (C=O) groups excluding carboxylic acids is 2. The second-order valence-corrected chi connectivity index (χ2v) is 6.55. The first-order valence-corrected chi connectivity index (χ1v) is 8.16. The lowest BCUT2D eigenvalue weighted by Crippen LogP contribution is -2.27. The van der Waals surface area contributed by atoms with E-state index in [4.69, 9.17) is 0 Å². The van der Waals surface area contributed by atoms with Crippen molar-refractivity contribution in [3.8, 4) is 0 Å². The van der Waals surface area contributed by atoms with Gasteiger partial charge in [0, 0.05) is 18.4 Å². The van der Waals surface area contributed by atoms with Crippen molar-refractivity contribution in [2.45, 2.75) is 19.8 Å². The third-order valence-corrected chi connectivity index (χ3v) is 3.59. The fraction of sp³-hybridized carbons (Fsp3) is 0.389. The molecular formula is C18H25N5O2. The molecule has 7 heteroatoms. The van der Waals surface area contributed by atoms with Crippen LogP contribution in [0.4, 0.5) is 11.4 Å². The smallest absolute Gasteiger partial charge is 0.273 e. The van der Waals surface area contributed by atoms with Crippen LogP contribution in [0.5, 0.6) is 0 Å². The summed E-state index contributed by atoms with van der Waals surface area (Å²) in [5.41, 5.74) is 2.61. The summed E-state index contributed by atoms with van der Waals surface area (Å²) in [5.74, 6) is -0.0941. The van der Waals surface area contributed by atoms with Crippen LogP contribution in [0.1, 0.15) is 35.9 Å². The number of hydrogen-bond donors (Lipinski definition) is 2. The number of hydrogen-bond acceptors (Lipinski definition) is 4. The number of amides is 2. The molecule has 0 aliphatic rings. The van der Waals surface area contributed by atoms with Crippen molar-refractivity contribution in [3.63, 3.8) is 0 Å². The van der Waals surface area contributed by atoms with Crippen molar-refractivity contribution >= 4 is 23.2 Å². The topological polar surface area (TPSA) is 79.3 Å². The standard InChI is InChI=1S/C18H25N5O2/c1-12(2)15-10-16(23(5)21-15)18(25)20-14-8-6-7-13(9-14)19-17(24)11-22(3)4/h6-10,12H,11H2,1-5H3,(H,19,24)(H,20,25). The molecule has 0 atom stereocenters. The van der Waals surface area contributed by atoms with Crippen LogP contribution in [0.15, 0.2) is 30.3 Å². The number of likely N-dealkylation sites (N-methyl/N-ethyl adjacent to an activating group) is 1. The Bertz CT molecular complexity index is 765. The molecule has 2 aromatic rings. The van der Waals surface area contributed by atoms with Gasteiger partial charge < -0.3 is 15.5 Å². The van der Waals surface area contributed by atoms with E-state index in [1.165, 1.54) is 0 Å². The zero-order chi connectivity index (χ0) is 18.6. The van der Waals surface area contributed by atoms with Gasteiger partial charge in [0.25, 0.3) is 5.91 Å². The summed E-state index contributed by atoms with van der Waals surface area (Å²) in [7, 11) is 5.41. The number of aromatic nitrogens is 2. The maximum Gasteiger partial charge on any atom is 0.273 e. The highest BCUT2D eigenvalue weighted by Gasteiger charge is 2.15.